The van der Waals surface area contributed by atoms with Crippen molar-refractivity contribution >= 4 is 5.57 Å². The lowest BCUT2D eigenvalue weighted by molar-refractivity contribution is -0.137. The highest BCUT2D eigenvalue weighted by molar-refractivity contribution is 5.66. The minimum absolute atomic E-state index is 0.448. The van der Waals surface area contributed by atoms with E-state index >= 15 is 0 Å². The Bertz CT molecular complexity index is 1170. The van der Waals surface area contributed by atoms with Crippen molar-refractivity contribution in [1.82, 2.24) is 15.2 Å². The van der Waals surface area contributed by atoms with Gasteiger partial charge in [-0.2, -0.15) is 18.4 Å². The van der Waals surface area contributed by atoms with Crippen LogP contribution in [0.5, 0.6) is 0 Å². The van der Waals surface area contributed by atoms with E-state index in [-0.39, 0.29) is 0 Å². The van der Waals surface area contributed by atoms with Gasteiger partial charge < -0.3 is 10.2 Å². The fraction of sp³-hybridized carbons (Fsp3) is 0.286. The number of allylic oxidation sites excluding steroid dienone is 3. The Balaban J connectivity index is 2.59. The maximum Gasteiger partial charge on any atom is 0.417 e. The second-order valence-electron chi connectivity index (χ2n) is 8.73. The first-order chi connectivity index (χ1) is 16.3. The molecule has 7 heteroatoms. The summed E-state index contributed by atoms with van der Waals surface area (Å²) in [5.41, 5.74) is 2.85. The van der Waals surface area contributed by atoms with Crippen molar-refractivity contribution in [2.45, 2.75) is 38.4 Å². The van der Waals surface area contributed by atoms with Crippen LogP contribution in [0.4, 0.5) is 13.2 Å². The molecule has 0 aliphatic carbocycles. The molecule has 0 bridgehead atoms. The molecule has 4 nitrogen and oxygen atoms in total. The lowest BCUT2D eigenvalue weighted by Gasteiger charge is -2.42. The van der Waals surface area contributed by atoms with E-state index in [1.807, 2.05) is 70.1 Å². The summed E-state index contributed by atoms with van der Waals surface area (Å²) in [5.74, 6) is -0.496. The summed E-state index contributed by atoms with van der Waals surface area (Å²) in [6.45, 7) is 13.9. The maximum absolute atomic E-state index is 13.1. The predicted octanol–water partition coefficient (Wildman–Crippen LogP) is 6.67. The molecule has 0 radical (unpaired) electrons. The summed E-state index contributed by atoms with van der Waals surface area (Å²) >= 11 is 0. The van der Waals surface area contributed by atoms with Crippen LogP contribution in [-0.4, -0.2) is 29.5 Å². The number of likely N-dealkylation sites (N-methyl/N-ethyl adjacent to an activating group) is 1. The van der Waals surface area contributed by atoms with E-state index in [2.05, 4.69) is 29.5 Å². The average Bonchev–Trinajstić information content (AvgIpc) is 2.82. The van der Waals surface area contributed by atoms with Gasteiger partial charge >= 0.3 is 6.18 Å². The number of nitrogens with zero attached hydrogens (tertiary/aromatic N) is 3. The zero-order chi connectivity index (χ0) is 26.4. The van der Waals surface area contributed by atoms with Crippen molar-refractivity contribution in [2.24, 2.45) is 0 Å². The van der Waals surface area contributed by atoms with E-state index in [1.165, 1.54) is 6.07 Å². The summed E-state index contributed by atoms with van der Waals surface area (Å²) in [5, 5.41) is 12.5. The molecule has 0 aliphatic heterocycles. The molecule has 1 N–H and O–H groups in total. The lowest BCUT2D eigenvalue weighted by Crippen LogP contribution is -2.48. The van der Waals surface area contributed by atoms with Gasteiger partial charge in [0, 0.05) is 26.0 Å². The Labute approximate surface area is 205 Å². The maximum atomic E-state index is 13.1. The number of hydrogen-bond acceptors (Lipinski definition) is 4. The van der Waals surface area contributed by atoms with Crippen molar-refractivity contribution in [3.63, 3.8) is 0 Å². The fourth-order valence-electron chi connectivity index (χ4n) is 3.79. The molecule has 184 valence electrons. The van der Waals surface area contributed by atoms with Crippen LogP contribution in [0.2, 0.25) is 0 Å². The number of nitriles is 1. The summed E-state index contributed by atoms with van der Waals surface area (Å²) in [6.07, 6.45) is 1.84. The van der Waals surface area contributed by atoms with Crippen LogP contribution in [0.1, 0.15) is 49.1 Å². The Hall–Kier alpha value is -3.79. The van der Waals surface area contributed by atoms with Crippen LogP contribution >= 0.6 is 0 Å². The quantitative estimate of drug-likeness (QED) is 0.407. The highest BCUT2D eigenvalue weighted by atomic mass is 19.4. The van der Waals surface area contributed by atoms with Crippen LogP contribution < -0.4 is 5.32 Å². The average molecular weight is 481 g/mol. The van der Waals surface area contributed by atoms with Gasteiger partial charge in [-0.15, -0.1) is 0 Å². The molecule has 2 atom stereocenters. The van der Waals surface area contributed by atoms with Gasteiger partial charge in [0.15, 0.2) is 0 Å². The molecule has 1 aromatic heterocycles. The van der Waals surface area contributed by atoms with Crippen LogP contribution in [0.15, 0.2) is 85.4 Å². The van der Waals surface area contributed by atoms with Crippen molar-refractivity contribution in [2.75, 3.05) is 14.1 Å². The fourth-order valence-corrected chi connectivity index (χ4v) is 3.79. The number of pyridine rings is 1. The molecule has 0 amide bonds. The zero-order valence-corrected chi connectivity index (χ0v) is 20.7. The van der Waals surface area contributed by atoms with E-state index in [0.29, 0.717) is 17.0 Å². The number of alkyl halides is 3. The molecule has 1 aromatic carbocycles. The van der Waals surface area contributed by atoms with Crippen molar-refractivity contribution in [1.29, 1.82) is 5.26 Å². The zero-order valence-electron chi connectivity index (χ0n) is 20.7. The summed E-state index contributed by atoms with van der Waals surface area (Å²) in [6, 6.07) is 11.9. The smallest absolute Gasteiger partial charge is 0.381 e. The molecule has 2 rings (SSSR count). The van der Waals surface area contributed by atoms with Crippen LogP contribution in [0.25, 0.3) is 5.57 Å². The minimum atomic E-state index is -4.47. The molecule has 0 saturated carbocycles. The highest BCUT2D eigenvalue weighted by Gasteiger charge is 2.40. The third-order valence-electron chi connectivity index (χ3n) is 6.15. The van der Waals surface area contributed by atoms with Gasteiger partial charge in [0.2, 0.25) is 0 Å². The van der Waals surface area contributed by atoms with E-state index in [0.717, 1.165) is 29.0 Å². The van der Waals surface area contributed by atoms with Crippen molar-refractivity contribution in [3.05, 3.63) is 108 Å². The van der Waals surface area contributed by atoms with Crippen molar-refractivity contribution in [3.8, 4) is 6.07 Å². The normalized spacial score (nSPS) is 14.9. The topological polar surface area (TPSA) is 52.0 Å². The highest BCUT2D eigenvalue weighted by Crippen LogP contribution is 2.40. The molecular formula is C28H31F3N4. The molecule has 0 fully saturated rings. The standard InChI is InChI=1S/C28H31F3N4/c1-8-34-27(5,20(3)13-12-19(2)23-11-9-10-22(16-23)17-32)26(21(4)35(6)7)25-15-14-24(18-33-25)28(29,30)31/h8-16,18,26,34H,1,4H2,2-3,5-7H3/b19-12+,20-13+. The van der Waals surface area contributed by atoms with Gasteiger partial charge in [-0.05, 0) is 67.9 Å². The molecule has 0 saturated heterocycles. The Kier molecular flexibility index (Phi) is 8.70. The third kappa shape index (κ3) is 6.42. The Morgan fingerprint density at radius 1 is 1.17 bits per heavy atom. The number of halogens is 3. The lowest BCUT2D eigenvalue weighted by atomic mass is 9.75. The van der Waals surface area contributed by atoms with Gasteiger partial charge in [-0.1, -0.05) is 37.4 Å². The number of aromatic nitrogens is 1. The Morgan fingerprint density at radius 2 is 1.86 bits per heavy atom. The Morgan fingerprint density at radius 3 is 2.37 bits per heavy atom. The molecule has 2 aromatic rings. The number of nitrogens with one attached hydrogen (secondary N) is 1. The molecule has 35 heavy (non-hydrogen) atoms. The van der Waals surface area contributed by atoms with E-state index < -0.39 is 23.2 Å². The first kappa shape index (κ1) is 27.5. The monoisotopic (exact) mass is 480 g/mol. The molecule has 0 aliphatic rings. The largest absolute Gasteiger partial charge is 0.417 e. The molecular weight excluding hydrogens is 449 g/mol. The second kappa shape index (κ2) is 11.1. The van der Waals surface area contributed by atoms with Gasteiger partial charge in [0.1, 0.15) is 0 Å². The third-order valence-corrected chi connectivity index (χ3v) is 6.15. The van der Waals surface area contributed by atoms with E-state index in [9.17, 15) is 18.4 Å². The molecule has 1 heterocycles. The first-order valence-corrected chi connectivity index (χ1v) is 11.0. The van der Waals surface area contributed by atoms with Crippen LogP contribution in [0, 0.1) is 11.3 Å². The van der Waals surface area contributed by atoms with E-state index in [1.54, 1.807) is 12.3 Å². The predicted molar refractivity (Wildman–Crippen MR) is 135 cm³/mol. The second-order valence-corrected chi connectivity index (χ2v) is 8.73. The number of benzene rings is 1. The summed E-state index contributed by atoms with van der Waals surface area (Å²) < 4.78 is 39.4. The minimum Gasteiger partial charge on any atom is -0.381 e. The summed E-state index contributed by atoms with van der Waals surface area (Å²) in [7, 11) is 3.66. The van der Waals surface area contributed by atoms with Gasteiger partial charge in [0.05, 0.1) is 34.3 Å². The number of rotatable bonds is 9. The summed E-state index contributed by atoms with van der Waals surface area (Å²) in [4.78, 5) is 6.01. The van der Waals surface area contributed by atoms with Crippen LogP contribution in [0.3, 0.4) is 0 Å². The van der Waals surface area contributed by atoms with Gasteiger partial charge in [-0.25, -0.2) is 0 Å². The van der Waals surface area contributed by atoms with E-state index in [4.69, 9.17) is 0 Å². The SMILES string of the molecule is C=CNC(C)(/C(C)=C/C=C(\C)c1cccc(C#N)c1)C(C(=C)N(C)C)c1ccc(C(F)(F)F)cn1. The van der Waals surface area contributed by atoms with Crippen molar-refractivity contribution < 1.29 is 13.2 Å². The first-order valence-electron chi connectivity index (χ1n) is 11.0. The number of hydrogen-bond donors (Lipinski definition) is 1. The molecule has 0 spiro atoms. The van der Waals surface area contributed by atoms with Gasteiger partial charge in [0.25, 0.3) is 0 Å². The van der Waals surface area contributed by atoms with Crippen LogP contribution in [-0.2, 0) is 6.18 Å². The molecule has 2 unspecified atom stereocenters. The van der Waals surface area contributed by atoms with Gasteiger partial charge in [-0.3, -0.25) is 4.98 Å².